The van der Waals surface area contributed by atoms with Crippen LogP contribution in [0.4, 0.5) is 0 Å². The van der Waals surface area contributed by atoms with Gasteiger partial charge < -0.3 is 9.84 Å². The lowest BCUT2D eigenvalue weighted by molar-refractivity contribution is -0.139. The van der Waals surface area contributed by atoms with Crippen LogP contribution in [0.3, 0.4) is 0 Å². The largest absolute Gasteiger partial charge is 0.482 e. The molecule has 0 bridgehead atoms. The van der Waals surface area contributed by atoms with Gasteiger partial charge in [-0.25, -0.2) is 17.5 Å². The summed E-state index contributed by atoms with van der Waals surface area (Å²) in [5, 5.41) is 8.49. The van der Waals surface area contributed by atoms with E-state index < -0.39 is 22.6 Å². The molecule has 0 saturated carbocycles. The van der Waals surface area contributed by atoms with Gasteiger partial charge in [0.2, 0.25) is 10.0 Å². The summed E-state index contributed by atoms with van der Waals surface area (Å²) in [5.74, 6) is -0.538. The molecule has 0 atom stereocenters. The van der Waals surface area contributed by atoms with Gasteiger partial charge in [0.25, 0.3) is 0 Å². The Morgan fingerprint density at radius 3 is 2.30 bits per heavy atom. The van der Waals surface area contributed by atoms with Gasteiger partial charge in [-0.1, -0.05) is 13.8 Å². The Morgan fingerprint density at radius 2 is 1.85 bits per heavy atom. The molecule has 0 saturated heterocycles. The molecule has 1 aromatic rings. The summed E-state index contributed by atoms with van der Waals surface area (Å²) >= 11 is 0. The fourth-order valence-corrected chi connectivity index (χ4v) is 2.98. The number of carboxylic acids is 1. The van der Waals surface area contributed by atoms with Gasteiger partial charge in [-0.15, -0.1) is 0 Å². The molecule has 1 rings (SSSR count). The number of hydrogen-bond donors (Lipinski definition) is 1. The van der Waals surface area contributed by atoms with Crippen molar-refractivity contribution < 1.29 is 23.1 Å². The molecule has 0 unspecified atom stereocenters. The Hall–Kier alpha value is -1.60. The van der Waals surface area contributed by atoms with E-state index in [1.54, 1.807) is 0 Å². The molecule has 0 spiro atoms. The monoisotopic (exact) mass is 301 g/mol. The summed E-state index contributed by atoms with van der Waals surface area (Å²) in [5.41, 5.74) is 0. The van der Waals surface area contributed by atoms with Crippen LogP contribution in [0.2, 0.25) is 0 Å². The second-order valence-electron chi connectivity index (χ2n) is 4.83. The van der Waals surface area contributed by atoms with Crippen LogP contribution in [0, 0.1) is 5.92 Å². The molecule has 0 fully saturated rings. The smallest absolute Gasteiger partial charge is 0.341 e. The van der Waals surface area contributed by atoms with E-state index in [9.17, 15) is 13.2 Å². The van der Waals surface area contributed by atoms with E-state index in [4.69, 9.17) is 9.84 Å². The lowest BCUT2D eigenvalue weighted by atomic mass is 10.2. The van der Waals surface area contributed by atoms with Gasteiger partial charge in [-0.3, -0.25) is 0 Å². The summed E-state index contributed by atoms with van der Waals surface area (Å²) in [6.45, 7) is 3.85. The van der Waals surface area contributed by atoms with Crippen molar-refractivity contribution in [2.45, 2.75) is 18.7 Å². The molecule has 112 valence electrons. The number of ether oxygens (including phenoxy) is 1. The van der Waals surface area contributed by atoms with Crippen LogP contribution in [-0.2, 0) is 14.8 Å². The zero-order valence-electron chi connectivity index (χ0n) is 11.7. The zero-order chi connectivity index (χ0) is 15.3. The molecule has 7 heteroatoms. The van der Waals surface area contributed by atoms with Gasteiger partial charge in [-0.2, -0.15) is 0 Å². The highest BCUT2D eigenvalue weighted by atomic mass is 32.2. The third kappa shape index (κ3) is 4.50. The Bertz CT molecular complexity index is 551. The molecule has 1 aromatic carbocycles. The summed E-state index contributed by atoms with van der Waals surface area (Å²) in [7, 11) is -1.99. The van der Waals surface area contributed by atoms with Gasteiger partial charge in [-0.05, 0) is 30.2 Å². The number of benzene rings is 1. The maximum Gasteiger partial charge on any atom is 0.341 e. The number of carbonyl (C=O) groups is 1. The van der Waals surface area contributed by atoms with E-state index >= 15 is 0 Å². The third-order valence-corrected chi connectivity index (χ3v) is 4.35. The topological polar surface area (TPSA) is 83.9 Å². The standard InChI is InChI=1S/C13H19NO5S/c1-10(2)8-14(3)20(17,18)12-6-4-11(5-7-12)19-9-13(15)16/h4-7,10H,8-9H2,1-3H3,(H,15,16). The molecule has 20 heavy (non-hydrogen) atoms. The molecule has 0 aliphatic heterocycles. The van der Waals surface area contributed by atoms with Crippen molar-refractivity contribution in [3.05, 3.63) is 24.3 Å². The van der Waals surface area contributed by atoms with E-state index in [0.29, 0.717) is 12.3 Å². The van der Waals surface area contributed by atoms with Crippen LogP contribution in [-0.4, -0.2) is 44.0 Å². The molecule has 0 aromatic heterocycles. The van der Waals surface area contributed by atoms with Crippen molar-refractivity contribution in [3.63, 3.8) is 0 Å². The molecule has 0 aliphatic rings. The van der Waals surface area contributed by atoms with Gasteiger partial charge in [0.05, 0.1) is 4.90 Å². The molecular formula is C13H19NO5S. The second-order valence-corrected chi connectivity index (χ2v) is 6.88. The summed E-state index contributed by atoms with van der Waals surface area (Å²) in [4.78, 5) is 10.5. The number of carboxylic acid groups (broad SMARTS) is 1. The van der Waals surface area contributed by atoms with Crippen LogP contribution in [0.15, 0.2) is 29.2 Å². The lowest BCUT2D eigenvalue weighted by Crippen LogP contribution is -2.30. The third-order valence-electron chi connectivity index (χ3n) is 2.52. The van der Waals surface area contributed by atoms with Gasteiger partial charge >= 0.3 is 5.97 Å². The second kappa shape index (κ2) is 6.71. The predicted molar refractivity (Wildman–Crippen MR) is 74.2 cm³/mol. The highest BCUT2D eigenvalue weighted by Crippen LogP contribution is 2.19. The first-order valence-corrected chi connectivity index (χ1v) is 7.58. The Labute approximate surface area is 119 Å². The fourth-order valence-electron chi connectivity index (χ4n) is 1.65. The number of sulfonamides is 1. The van der Waals surface area contributed by atoms with E-state index in [1.807, 2.05) is 13.8 Å². The molecule has 0 radical (unpaired) electrons. The summed E-state index contributed by atoms with van der Waals surface area (Å²) < 4.78 is 30.7. The van der Waals surface area contributed by atoms with Gasteiger partial charge in [0.15, 0.2) is 6.61 Å². The first-order chi connectivity index (χ1) is 9.23. The quantitative estimate of drug-likeness (QED) is 0.823. The Morgan fingerprint density at radius 1 is 1.30 bits per heavy atom. The minimum atomic E-state index is -3.52. The van der Waals surface area contributed by atoms with Crippen LogP contribution in [0.1, 0.15) is 13.8 Å². The van der Waals surface area contributed by atoms with Crippen LogP contribution >= 0.6 is 0 Å². The van der Waals surface area contributed by atoms with Crippen LogP contribution in [0.25, 0.3) is 0 Å². The minimum absolute atomic E-state index is 0.156. The first kappa shape index (κ1) is 16.5. The molecular weight excluding hydrogens is 282 g/mol. The van der Waals surface area contributed by atoms with Crippen molar-refractivity contribution in [3.8, 4) is 5.75 Å². The van der Waals surface area contributed by atoms with Crippen molar-refractivity contribution in [2.24, 2.45) is 5.92 Å². The van der Waals surface area contributed by atoms with Crippen molar-refractivity contribution in [1.82, 2.24) is 4.31 Å². The zero-order valence-corrected chi connectivity index (χ0v) is 12.6. The number of rotatable bonds is 7. The normalized spacial score (nSPS) is 11.8. The average Bonchev–Trinajstić information content (AvgIpc) is 2.36. The Kier molecular flexibility index (Phi) is 5.52. The van der Waals surface area contributed by atoms with Gasteiger partial charge in [0, 0.05) is 13.6 Å². The fraction of sp³-hybridized carbons (Fsp3) is 0.462. The maximum absolute atomic E-state index is 12.2. The SMILES string of the molecule is CC(C)CN(C)S(=O)(=O)c1ccc(OCC(=O)O)cc1. The number of aliphatic carboxylic acids is 1. The van der Waals surface area contributed by atoms with E-state index in [0.717, 1.165) is 0 Å². The van der Waals surface area contributed by atoms with Crippen molar-refractivity contribution in [2.75, 3.05) is 20.2 Å². The molecule has 0 amide bonds. The summed E-state index contributed by atoms with van der Waals surface area (Å²) in [6.07, 6.45) is 0. The molecule has 0 heterocycles. The molecule has 6 nitrogen and oxygen atoms in total. The summed E-state index contributed by atoms with van der Waals surface area (Å²) in [6, 6.07) is 5.70. The van der Waals surface area contributed by atoms with Crippen molar-refractivity contribution >= 4 is 16.0 Å². The average molecular weight is 301 g/mol. The molecule has 1 N–H and O–H groups in total. The highest BCUT2D eigenvalue weighted by Gasteiger charge is 2.21. The predicted octanol–water partition coefficient (Wildman–Crippen LogP) is 1.43. The van der Waals surface area contributed by atoms with E-state index in [2.05, 4.69) is 0 Å². The van der Waals surface area contributed by atoms with Crippen molar-refractivity contribution in [1.29, 1.82) is 0 Å². The van der Waals surface area contributed by atoms with Gasteiger partial charge in [0.1, 0.15) is 5.75 Å². The maximum atomic E-state index is 12.2. The van der Waals surface area contributed by atoms with Crippen LogP contribution in [0.5, 0.6) is 5.75 Å². The minimum Gasteiger partial charge on any atom is -0.482 e. The number of nitrogens with zero attached hydrogens (tertiary/aromatic N) is 1. The molecule has 0 aliphatic carbocycles. The lowest BCUT2D eigenvalue weighted by Gasteiger charge is -2.19. The van der Waals surface area contributed by atoms with E-state index in [-0.39, 0.29) is 10.8 Å². The Balaban J connectivity index is 2.84. The van der Waals surface area contributed by atoms with Crippen LogP contribution < -0.4 is 4.74 Å². The number of hydrogen-bond acceptors (Lipinski definition) is 4. The highest BCUT2D eigenvalue weighted by molar-refractivity contribution is 7.89. The first-order valence-electron chi connectivity index (χ1n) is 6.14. The van der Waals surface area contributed by atoms with E-state index in [1.165, 1.54) is 35.6 Å².